The number of likely N-dealkylation sites (N-methyl/N-ethyl adjacent to an activating group) is 1. The van der Waals surface area contributed by atoms with Crippen molar-refractivity contribution in [2.75, 3.05) is 19.6 Å². The van der Waals surface area contributed by atoms with Gasteiger partial charge in [-0.15, -0.1) is 0 Å². The molecule has 0 unspecified atom stereocenters. The molecule has 5 rings (SSSR count). The van der Waals surface area contributed by atoms with Crippen LogP contribution in [0.3, 0.4) is 0 Å². The predicted octanol–water partition coefficient (Wildman–Crippen LogP) is 5.84. The number of hydrogen-bond acceptors (Lipinski definition) is 3. The number of fused-ring (bicyclic) bond motifs is 3. The van der Waals surface area contributed by atoms with Crippen LogP contribution in [0.2, 0.25) is 0 Å². The monoisotopic (exact) mass is 450 g/mol. The zero-order valence-electron chi connectivity index (χ0n) is 20.0. The quantitative estimate of drug-likeness (QED) is 0.279. The summed E-state index contributed by atoms with van der Waals surface area (Å²) < 4.78 is 4.29. The molecule has 5 aromatic rings. The SMILES string of the molecule is CCN(CC)CCn1c2ccccc2n2c(C(=O)c3ccc(-c4ccccc4)cc3)c(C)nc12. The Morgan fingerprint density at radius 1 is 0.824 bits per heavy atom. The first-order valence-electron chi connectivity index (χ1n) is 12.0. The molecule has 0 atom stereocenters. The molecule has 0 amide bonds. The van der Waals surface area contributed by atoms with Crippen LogP contribution in [0.5, 0.6) is 0 Å². The fourth-order valence-electron chi connectivity index (χ4n) is 4.76. The molecule has 0 bridgehead atoms. The first-order valence-corrected chi connectivity index (χ1v) is 12.0. The Morgan fingerprint density at radius 2 is 1.44 bits per heavy atom. The fraction of sp³-hybridized carbons (Fsp3) is 0.241. The maximum Gasteiger partial charge on any atom is 0.215 e. The number of rotatable bonds is 8. The van der Waals surface area contributed by atoms with Crippen molar-refractivity contribution < 1.29 is 4.79 Å². The highest BCUT2D eigenvalue weighted by atomic mass is 16.1. The van der Waals surface area contributed by atoms with Gasteiger partial charge in [0.2, 0.25) is 11.6 Å². The third-order valence-corrected chi connectivity index (χ3v) is 6.69. The normalized spacial score (nSPS) is 11.6. The smallest absolute Gasteiger partial charge is 0.215 e. The minimum atomic E-state index is -0.00347. The van der Waals surface area contributed by atoms with Gasteiger partial charge in [-0.25, -0.2) is 4.98 Å². The number of carbonyl (C=O) groups is 1. The summed E-state index contributed by atoms with van der Waals surface area (Å²) in [5.41, 5.74) is 6.42. The summed E-state index contributed by atoms with van der Waals surface area (Å²) >= 11 is 0. The maximum atomic E-state index is 13.7. The summed E-state index contributed by atoms with van der Waals surface area (Å²) in [4.78, 5) is 21.0. The van der Waals surface area contributed by atoms with Crippen molar-refractivity contribution in [3.8, 4) is 11.1 Å². The molecule has 0 N–H and O–H groups in total. The summed E-state index contributed by atoms with van der Waals surface area (Å²) in [6.07, 6.45) is 0. The molecule has 0 saturated heterocycles. The van der Waals surface area contributed by atoms with E-state index < -0.39 is 0 Å². The van der Waals surface area contributed by atoms with Crippen LogP contribution in [0.25, 0.3) is 27.9 Å². The highest BCUT2D eigenvalue weighted by molar-refractivity contribution is 6.10. The van der Waals surface area contributed by atoms with Gasteiger partial charge in [-0.2, -0.15) is 0 Å². The van der Waals surface area contributed by atoms with Crippen molar-refractivity contribution in [2.45, 2.75) is 27.3 Å². The van der Waals surface area contributed by atoms with Crippen LogP contribution in [0.1, 0.15) is 35.6 Å². The Kier molecular flexibility index (Phi) is 6.03. The minimum Gasteiger partial charge on any atom is -0.308 e. The number of benzene rings is 3. The number of aryl methyl sites for hydroxylation is 1. The number of aromatic nitrogens is 3. The van der Waals surface area contributed by atoms with Crippen molar-refractivity contribution >= 4 is 22.6 Å². The molecule has 0 radical (unpaired) electrons. The van der Waals surface area contributed by atoms with Crippen molar-refractivity contribution in [1.82, 2.24) is 18.9 Å². The molecule has 0 fully saturated rings. The zero-order valence-corrected chi connectivity index (χ0v) is 20.0. The first kappa shape index (κ1) is 22.1. The number of imidazole rings is 2. The molecule has 2 heterocycles. The summed E-state index contributed by atoms with van der Waals surface area (Å²) in [5, 5.41) is 0. The second kappa shape index (κ2) is 9.27. The lowest BCUT2D eigenvalue weighted by Gasteiger charge is -2.18. The maximum absolute atomic E-state index is 13.7. The van der Waals surface area contributed by atoms with Gasteiger partial charge in [0.1, 0.15) is 5.69 Å². The van der Waals surface area contributed by atoms with Gasteiger partial charge in [0.25, 0.3) is 0 Å². The number of nitrogens with zero attached hydrogens (tertiary/aromatic N) is 4. The molecule has 3 aromatic carbocycles. The van der Waals surface area contributed by atoms with Crippen LogP contribution >= 0.6 is 0 Å². The van der Waals surface area contributed by atoms with E-state index in [0.29, 0.717) is 11.3 Å². The van der Waals surface area contributed by atoms with Crippen LogP contribution in [-0.2, 0) is 6.54 Å². The standard InChI is InChI=1S/C29H30N4O/c1-4-31(5-2)19-20-32-25-13-9-10-14-26(25)33-27(21(3)30-29(32)33)28(34)24-17-15-23(16-18-24)22-11-7-6-8-12-22/h6-18H,4-5,19-20H2,1-3H3. The molecule has 2 aromatic heterocycles. The second-order valence-corrected chi connectivity index (χ2v) is 8.62. The average Bonchev–Trinajstić information content (AvgIpc) is 3.38. The van der Waals surface area contributed by atoms with Gasteiger partial charge in [-0.3, -0.25) is 9.20 Å². The van der Waals surface area contributed by atoms with E-state index in [-0.39, 0.29) is 5.78 Å². The molecule has 0 saturated carbocycles. The molecule has 5 nitrogen and oxygen atoms in total. The lowest BCUT2D eigenvalue weighted by Crippen LogP contribution is -2.27. The van der Waals surface area contributed by atoms with Gasteiger partial charge >= 0.3 is 0 Å². The fourth-order valence-corrected chi connectivity index (χ4v) is 4.76. The van der Waals surface area contributed by atoms with Crippen LogP contribution in [-0.4, -0.2) is 44.3 Å². The minimum absolute atomic E-state index is 0.00347. The van der Waals surface area contributed by atoms with Crippen LogP contribution in [0.4, 0.5) is 0 Å². The van der Waals surface area contributed by atoms with Crippen molar-refractivity contribution in [2.24, 2.45) is 0 Å². The molecule has 5 heteroatoms. The van der Waals surface area contributed by atoms with Crippen LogP contribution in [0.15, 0.2) is 78.9 Å². The molecular formula is C29H30N4O. The van der Waals surface area contributed by atoms with Crippen LogP contribution < -0.4 is 0 Å². The van der Waals surface area contributed by atoms with E-state index in [2.05, 4.69) is 47.6 Å². The largest absolute Gasteiger partial charge is 0.308 e. The van der Waals surface area contributed by atoms with E-state index in [1.165, 1.54) is 0 Å². The Bertz CT molecular complexity index is 1440. The van der Waals surface area contributed by atoms with E-state index in [0.717, 1.165) is 59.8 Å². The van der Waals surface area contributed by atoms with Gasteiger partial charge < -0.3 is 9.47 Å². The van der Waals surface area contributed by atoms with E-state index >= 15 is 0 Å². The number of para-hydroxylation sites is 2. The summed E-state index contributed by atoms with van der Waals surface area (Å²) in [7, 11) is 0. The van der Waals surface area contributed by atoms with Gasteiger partial charge in [0.15, 0.2) is 0 Å². The molecule has 0 spiro atoms. The Labute approximate surface area is 200 Å². The molecular weight excluding hydrogens is 420 g/mol. The Morgan fingerprint density at radius 3 is 2.12 bits per heavy atom. The Balaban J connectivity index is 1.57. The van der Waals surface area contributed by atoms with Gasteiger partial charge in [0.05, 0.1) is 16.7 Å². The summed E-state index contributed by atoms with van der Waals surface area (Å²) in [6.45, 7) is 10.1. The van der Waals surface area contributed by atoms with Crippen molar-refractivity contribution in [3.05, 3.63) is 95.8 Å². The summed E-state index contributed by atoms with van der Waals surface area (Å²) in [5.74, 6) is 0.825. The third kappa shape index (κ3) is 3.82. The average molecular weight is 451 g/mol. The number of hydrogen-bond donors (Lipinski definition) is 0. The van der Waals surface area contributed by atoms with Crippen LogP contribution in [0, 0.1) is 6.92 Å². The van der Waals surface area contributed by atoms with Crippen molar-refractivity contribution in [1.29, 1.82) is 0 Å². The van der Waals surface area contributed by atoms with E-state index in [9.17, 15) is 4.79 Å². The van der Waals surface area contributed by atoms with Gasteiger partial charge in [0, 0.05) is 18.7 Å². The Hall–Kier alpha value is -3.70. The third-order valence-electron chi connectivity index (χ3n) is 6.69. The van der Waals surface area contributed by atoms with Gasteiger partial charge in [-0.1, -0.05) is 80.6 Å². The molecule has 34 heavy (non-hydrogen) atoms. The van der Waals surface area contributed by atoms with E-state index in [1.54, 1.807) is 0 Å². The summed E-state index contributed by atoms with van der Waals surface area (Å²) in [6, 6.07) is 26.3. The second-order valence-electron chi connectivity index (χ2n) is 8.62. The molecule has 172 valence electrons. The molecule has 0 aliphatic heterocycles. The highest BCUT2D eigenvalue weighted by Crippen LogP contribution is 2.27. The predicted molar refractivity (Wildman–Crippen MR) is 139 cm³/mol. The molecule has 0 aliphatic carbocycles. The highest BCUT2D eigenvalue weighted by Gasteiger charge is 2.23. The van der Waals surface area contributed by atoms with Crippen molar-refractivity contribution in [3.63, 3.8) is 0 Å². The zero-order chi connectivity index (χ0) is 23.7. The lowest BCUT2D eigenvalue weighted by atomic mass is 10.0. The van der Waals surface area contributed by atoms with Gasteiger partial charge in [-0.05, 0) is 43.3 Å². The van der Waals surface area contributed by atoms with E-state index in [4.69, 9.17) is 4.98 Å². The molecule has 0 aliphatic rings. The number of carbonyl (C=O) groups excluding carboxylic acids is 1. The topological polar surface area (TPSA) is 42.5 Å². The van der Waals surface area contributed by atoms with E-state index in [1.807, 2.05) is 65.9 Å². The lowest BCUT2D eigenvalue weighted by molar-refractivity contribution is 0.103. The number of ketones is 1. The first-order chi connectivity index (χ1) is 16.6.